The normalized spacial score (nSPS) is 19.6. The number of rotatable bonds is 4. The van der Waals surface area contributed by atoms with Crippen molar-refractivity contribution in [2.45, 2.75) is 25.9 Å². The van der Waals surface area contributed by atoms with Crippen LogP contribution in [0.4, 0.5) is 4.79 Å². The van der Waals surface area contributed by atoms with Gasteiger partial charge in [-0.3, -0.25) is 9.69 Å². The molecule has 0 saturated carbocycles. The Labute approximate surface area is 160 Å². The van der Waals surface area contributed by atoms with Gasteiger partial charge in [0, 0.05) is 5.56 Å². The van der Waals surface area contributed by atoms with Gasteiger partial charge >= 0.3 is 6.03 Å². The number of amides is 3. The molecule has 4 rings (SSSR count). The number of urea groups is 1. The number of carbonyl (C=O) groups is 2. The maximum absolute atomic E-state index is 13.0. The number of para-hydroxylation sites is 1. The fourth-order valence-corrected chi connectivity index (χ4v) is 3.51. The Kier molecular flexibility index (Phi) is 4.04. The lowest BCUT2D eigenvalue weighted by Gasteiger charge is -2.19. The van der Waals surface area contributed by atoms with Gasteiger partial charge in [0.15, 0.2) is 5.54 Å². The van der Waals surface area contributed by atoms with Crippen LogP contribution in [0.5, 0.6) is 0 Å². The molecule has 8 heteroatoms. The number of carbonyl (C=O) groups excluding carboxylic acids is 2. The number of hydrogen-bond donors (Lipinski definition) is 1. The number of imide groups is 1. The topological polar surface area (TPSA) is 80.4 Å². The highest BCUT2D eigenvalue weighted by Crippen LogP contribution is 2.32. The van der Waals surface area contributed by atoms with E-state index >= 15 is 0 Å². The molecule has 3 amide bonds. The molecular formula is C19H17ClN4O3. The summed E-state index contributed by atoms with van der Waals surface area (Å²) in [6.45, 7) is 3.44. The minimum atomic E-state index is -1.24. The van der Waals surface area contributed by atoms with Gasteiger partial charge in [-0.2, -0.15) is 5.10 Å². The first-order chi connectivity index (χ1) is 12.9. The van der Waals surface area contributed by atoms with Gasteiger partial charge in [-0.25, -0.2) is 9.48 Å². The fraction of sp³-hybridized carbons (Fsp3) is 0.211. The number of nitrogens with zero attached hydrogens (tertiary/aromatic N) is 3. The highest BCUT2D eigenvalue weighted by Gasteiger charge is 2.51. The largest absolute Gasteiger partial charge is 0.466 e. The molecular weight excluding hydrogens is 368 g/mol. The number of hydrogen-bond acceptors (Lipinski definition) is 4. The molecule has 1 aliphatic heterocycles. The highest BCUT2D eigenvalue weighted by molar-refractivity contribution is 6.30. The van der Waals surface area contributed by atoms with E-state index in [1.165, 1.54) is 6.26 Å². The van der Waals surface area contributed by atoms with Crippen molar-refractivity contribution >= 4 is 23.5 Å². The van der Waals surface area contributed by atoms with Crippen molar-refractivity contribution in [3.8, 4) is 5.69 Å². The molecule has 1 saturated heterocycles. The molecule has 7 nitrogen and oxygen atoms in total. The van der Waals surface area contributed by atoms with E-state index in [0.717, 1.165) is 10.6 Å². The van der Waals surface area contributed by atoms with E-state index in [-0.39, 0.29) is 6.54 Å². The summed E-state index contributed by atoms with van der Waals surface area (Å²) in [4.78, 5) is 26.6. The summed E-state index contributed by atoms with van der Waals surface area (Å²) < 4.78 is 6.94. The number of furan rings is 1. The monoisotopic (exact) mass is 384 g/mol. The number of aryl methyl sites for hydroxylation is 1. The number of aromatic nitrogens is 2. The third-order valence-electron chi connectivity index (χ3n) is 4.73. The lowest BCUT2D eigenvalue weighted by molar-refractivity contribution is -0.132. The smallest absolute Gasteiger partial charge is 0.325 e. The van der Waals surface area contributed by atoms with Gasteiger partial charge in [0.25, 0.3) is 5.91 Å². The van der Waals surface area contributed by atoms with Crippen LogP contribution < -0.4 is 5.32 Å². The maximum atomic E-state index is 13.0. The van der Waals surface area contributed by atoms with Gasteiger partial charge in [-0.1, -0.05) is 29.8 Å². The molecule has 3 aromatic rings. The Hall–Kier alpha value is -3.06. The molecule has 27 heavy (non-hydrogen) atoms. The third kappa shape index (κ3) is 2.71. The molecule has 0 bridgehead atoms. The zero-order chi connectivity index (χ0) is 19.2. The number of halogens is 1. The van der Waals surface area contributed by atoms with Crippen LogP contribution in [0.15, 0.2) is 53.1 Å². The van der Waals surface area contributed by atoms with Crippen molar-refractivity contribution < 1.29 is 14.0 Å². The Morgan fingerprint density at radius 2 is 1.93 bits per heavy atom. The molecule has 1 fully saturated rings. The van der Waals surface area contributed by atoms with Crippen molar-refractivity contribution in [2.75, 3.05) is 0 Å². The average Bonchev–Trinajstić information content (AvgIpc) is 3.34. The van der Waals surface area contributed by atoms with Gasteiger partial charge in [0.1, 0.15) is 10.9 Å². The summed E-state index contributed by atoms with van der Waals surface area (Å²) in [7, 11) is 0. The molecule has 1 N–H and O–H groups in total. The molecule has 0 spiro atoms. The fourth-order valence-electron chi connectivity index (χ4n) is 3.18. The standard InChI is InChI=1S/C19H17ClN4O3/c1-12-14(16(20)24(22-12)13-7-4-3-5-8-13)11-23-17(25)19(2,21-18(23)26)15-9-6-10-27-15/h3-10H,11H2,1-2H3,(H,21,26). The van der Waals surface area contributed by atoms with Crippen molar-refractivity contribution in [2.24, 2.45) is 0 Å². The molecule has 3 heterocycles. The van der Waals surface area contributed by atoms with E-state index in [9.17, 15) is 9.59 Å². The van der Waals surface area contributed by atoms with Crippen LogP contribution in [-0.4, -0.2) is 26.6 Å². The Morgan fingerprint density at radius 1 is 1.19 bits per heavy atom. The lowest BCUT2D eigenvalue weighted by Crippen LogP contribution is -2.40. The van der Waals surface area contributed by atoms with Crippen LogP contribution in [0.2, 0.25) is 5.15 Å². The van der Waals surface area contributed by atoms with Gasteiger partial charge in [-0.05, 0) is 38.1 Å². The first-order valence-corrected chi connectivity index (χ1v) is 8.77. The van der Waals surface area contributed by atoms with Crippen molar-refractivity contribution in [3.05, 3.63) is 70.9 Å². The SMILES string of the molecule is Cc1nn(-c2ccccc2)c(Cl)c1CN1C(=O)NC(C)(c2ccco2)C1=O. The van der Waals surface area contributed by atoms with Crippen molar-refractivity contribution in [1.82, 2.24) is 20.0 Å². The van der Waals surface area contributed by atoms with E-state index in [1.807, 2.05) is 30.3 Å². The molecule has 1 atom stereocenters. The predicted molar refractivity (Wildman–Crippen MR) is 98.5 cm³/mol. The van der Waals surface area contributed by atoms with Crippen LogP contribution in [0.1, 0.15) is 23.9 Å². The number of nitrogens with one attached hydrogen (secondary N) is 1. The second-order valence-electron chi connectivity index (χ2n) is 6.53. The van der Waals surface area contributed by atoms with Gasteiger partial charge in [-0.15, -0.1) is 0 Å². The third-order valence-corrected chi connectivity index (χ3v) is 5.12. The zero-order valence-electron chi connectivity index (χ0n) is 14.8. The average molecular weight is 385 g/mol. The Morgan fingerprint density at radius 3 is 2.59 bits per heavy atom. The van der Waals surface area contributed by atoms with Crippen LogP contribution in [0, 0.1) is 6.92 Å². The summed E-state index contributed by atoms with van der Waals surface area (Å²) in [5.41, 5.74) is 0.828. The minimum Gasteiger partial charge on any atom is -0.466 e. The Balaban J connectivity index is 1.66. The molecule has 138 valence electrons. The first-order valence-electron chi connectivity index (χ1n) is 8.39. The second kappa shape index (κ2) is 6.28. The molecule has 0 radical (unpaired) electrons. The van der Waals surface area contributed by atoms with E-state index < -0.39 is 17.5 Å². The minimum absolute atomic E-state index is 0.0263. The Bertz CT molecular complexity index is 1010. The van der Waals surface area contributed by atoms with Gasteiger partial charge in [0.05, 0.1) is 24.2 Å². The van der Waals surface area contributed by atoms with E-state index in [2.05, 4.69) is 10.4 Å². The maximum Gasteiger partial charge on any atom is 0.325 e. The second-order valence-corrected chi connectivity index (χ2v) is 6.88. The lowest BCUT2D eigenvalue weighted by atomic mass is 9.99. The zero-order valence-corrected chi connectivity index (χ0v) is 15.5. The molecule has 1 unspecified atom stereocenters. The quantitative estimate of drug-likeness (QED) is 0.699. The first kappa shape index (κ1) is 17.4. The van der Waals surface area contributed by atoms with Crippen molar-refractivity contribution in [3.63, 3.8) is 0 Å². The molecule has 2 aromatic heterocycles. The molecule has 1 aromatic carbocycles. The van der Waals surface area contributed by atoms with Crippen LogP contribution in [0.25, 0.3) is 5.69 Å². The highest BCUT2D eigenvalue weighted by atomic mass is 35.5. The summed E-state index contributed by atoms with van der Waals surface area (Å²) in [5.74, 6) is -0.0171. The van der Waals surface area contributed by atoms with Gasteiger partial charge < -0.3 is 9.73 Å². The molecule has 0 aliphatic carbocycles. The summed E-state index contributed by atoms with van der Waals surface area (Å²) >= 11 is 6.52. The van der Waals surface area contributed by atoms with E-state index in [4.69, 9.17) is 16.0 Å². The van der Waals surface area contributed by atoms with Crippen LogP contribution in [0.3, 0.4) is 0 Å². The van der Waals surface area contributed by atoms with E-state index in [0.29, 0.717) is 22.2 Å². The van der Waals surface area contributed by atoms with Crippen molar-refractivity contribution in [1.29, 1.82) is 0 Å². The predicted octanol–water partition coefficient (Wildman–Crippen LogP) is 3.39. The summed E-state index contributed by atoms with van der Waals surface area (Å²) in [6.07, 6.45) is 1.47. The summed E-state index contributed by atoms with van der Waals surface area (Å²) in [5, 5.41) is 7.53. The summed E-state index contributed by atoms with van der Waals surface area (Å²) in [6, 6.07) is 12.3. The number of benzene rings is 1. The van der Waals surface area contributed by atoms with E-state index in [1.54, 1.807) is 30.7 Å². The van der Waals surface area contributed by atoms with Gasteiger partial charge in [0.2, 0.25) is 0 Å². The molecule has 1 aliphatic rings. The van der Waals surface area contributed by atoms with Crippen LogP contribution >= 0.6 is 11.6 Å². The van der Waals surface area contributed by atoms with Crippen LogP contribution in [-0.2, 0) is 16.9 Å².